The quantitative estimate of drug-likeness (QED) is 0.0483. The summed E-state index contributed by atoms with van der Waals surface area (Å²) in [4.78, 5) is 92.3. The zero-order valence-corrected chi connectivity index (χ0v) is 39.2. The van der Waals surface area contributed by atoms with Gasteiger partial charge in [0.1, 0.15) is 18.1 Å². The first-order valence-electron chi connectivity index (χ1n) is 22.9. The number of hydrogen-bond donors (Lipinski definition) is 7. The fourth-order valence-corrected chi connectivity index (χ4v) is 8.33. The van der Waals surface area contributed by atoms with E-state index in [9.17, 15) is 52.7 Å². The van der Waals surface area contributed by atoms with Crippen molar-refractivity contribution in [1.82, 2.24) is 36.3 Å². The topological polar surface area (TPSA) is 269 Å². The van der Waals surface area contributed by atoms with Gasteiger partial charge in [0, 0.05) is 57.8 Å². The molecule has 0 saturated carbocycles. The highest BCUT2D eigenvalue weighted by atomic mass is 19.3. The minimum Gasteiger partial charge on any atom is -0.404 e. The molecule has 2 fully saturated rings. The number of fused-ring (bicyclic) bond motifs is 1. The summed E-state index contributed by atoms with van der Waals surface area (Å²) < 4.78 is 39.9. The van der Waals surface area contributed by atoms with Crippen molar-refractivity contribution < 1.29 is 62.0 Å². The molecule has 0 bridgehead atoms. The van der Waals surface area contributed by atoms with Gasteiger partial charge < -0.3 is 56.0 Å². The third-order valence-corrected chi connectivity index (χ3v) is 12.2. The first-order chi connectivity index (χ1) is 31.6. The van der Waals surface area contributed by atoms with Crippen LogP contribution in [0, 0.1) is 17.2 Å². The summed E-state index contributed by atoms with van der Waals surface area (Å²) in [5.41, 5.74) is 0.993. The average molecular weight is 945 g/mol. The van der Waals surface area contributed by atoms with E-state index >= 15 is 0 Å². The molecule has 3 aliphatic rings. The molecule has 1 aromatic carbocycles. The lowest BCUT2D eigenvalue weighted by atomic mass is 9.99. The molecule has 3 aliphatic heterocycles. The maximum Gasteiger partial charge on any atom is 0.268 e. The van der Waals surface area contributed by atoms with E-state index < -0.39 is 83.9 Å². The third-order valence-electron chi connectivity index (χ3n) is 12.2. The number of amides is 7. The van der Waals surface area contributed by atoms with Crippen LogP contribution in [0.1, 0.15) is 115 Å². The Labute approximate surface area is 391 Å². The second-order valence-electron chi connectivity index (χ2n) is 18.8. The van der Waals surface area contributed by atoms with E-state index in [0.29, 0.717) is 38.8 Å². The number of unbranched alkanes of at least 4 members (excludes halogenated alkanes) is 1. The molecule has 0 aliphatic carbocycles. The third kappa shape index (κ3) is 17.1. The molecule has 0 aromatic heterocycles. The van der Waals surface area contributed by atoms with Crippen LogP contribution in [0.25, 0.3) is 0 Å². The monoisotopic (exact) mass is 944 g/mol. The zero-order valence-electron chi connectivity index (χ0n) is 39.2. The van der Waals surface area contributed by atoms with Crippen LogP contribution in [0.5, 0.6) is 0 Å². The van der Waals surface area contributed by atoms with E-state index in [2.05, 4.69) is 26.5 Å². The molecule has 1 aromatic rings. The van der Waals surface area contributed by atoms with Crippen LogP contribution in [0.3, 0.4) is 0 Å². The molecular weight excluding hydrogens is 877 g/mol. The number of alkyl halides is 2. The number of nitriles is 1. The van der Waals surface area contributed by atoms with Crippen molar-refractivity contribution in [3.05, 3.63) is 34.9 Å². The van der Waals surface area contributed by atoms with Crippen LogP contribution >= 0.6 is 0 Å². The molecule has 5 atom stereocenters. The van der Waals surface area contributed by atoms with E-state index in [1.807, 2.05) is 32.0 Å². The molecule has 0 spiro atoms. The Morgan fingerprint density at radius 1 is 1.00 bits per heavy atom. The summed E-state index contributed by atoms with van der Waals surface area (Å²) >= 11 is 0. The maximum atomic E-state index is 14.0. The number of aliphatic hydroxyl groups is 2. The number of benzene rings is 1. The van der Waals surface area contributed by atoms with Gasteiger partial charge in [-0.15, -0.1) is 0 Å². The van der Waals surface area contributed by atoms with E-state index in [-0.39, 0.29) is 89.2 Å². The number of ether oxygens (including phenoxy) is 2. The van der Waals surface area contributed by atoms with Crippen molar-refractivity contribution in [1.29, 1.82) is 5.26 Å². The van der Waals surface area contributed by atoms with Gasteiger partial charge in [0.15, 0.2) is 0 Å². The Balaban J connectivity index is 1.13. The van der Waals surface area contributed by atoms with Gasteiger partial charge in [-0.1, -0.05) is 18.2 Å². The summed E-state index contributed by atoms with van der Waals surface area (Å²) in [6.45, 7) is 7.44. The number of halogens is 2. The van der Waals surface area contributed by atoms with Crippen LogP contribution in [0.4, 0.5) is 8.78 Å². The van der Waals surface area contributed by atoms with Gasteiger partial charge in [0.2, 0.25) is 49.3 Å². The second kappa shape index (κ2) is 24.7. The fraction of sp³-hybridized carbons (Fsp3) is 0.689. The number of carbonyl (C=O) groups excluding carboxylic acids is 7. The van der Waals surface area contributed by atoms with Gasteiger partial charge in [0.25, 0.3) is 5.92 Å². The maximum absolute atomic E-state index is 14.0. The Hall–Kier alpha value is -5.24. The highest BCUT2D eigenvalue weighted by molar-refractivity contribution is 6.15. The number of likely N-dealkylation sites (tertiary alicyclic amines) is 1. The van der Waals surface area contributed by atoms with Crippen molar-refractivity contribution in [2.45, 2.75) is 159 Å². The van der Waals surface area contributed by atoms with E-state index in [1.54, 1.807) is 24.8 Å². The van der Waals surface area contributed by atoms with Gasteiger partial charge in [-0.05, 0) is 82.9 Å². The first-order valence-corrected chi connectivity index (χ1v) is 22.9. The predicted molar refractivity (Wildman–Crippen MR) is 240 cm³/mol. The lowest BCUT2D eigenvalue weighted by Gasteiger charge is -2.28. The summed E-state index contributed by atoms with van der Waals surface area (Å²) in [5, 5.41) is 41.0. The van der Waals surface area contributed by atoms with Crippen LogP contribution in [-0.2, 0) is 62.7 Å². The van der Waals surface area contributed by atoms with Gasteiger partial charge in [-0.3, -0.25) is 33.6 Å². The number of hydrogen-bond acceptors (Lipinski definition) is 12. The SMILES string of the molecule is BNC(=O)[C@@H](CCC(=O)NCCCC[C@H](O)CO)NC(=O)CC(C)(C)OCCOC(C)(C)CCC(=O)NCc1cccc2c1CN(C(=O)C[C@@H]1C[C@@H](C(=O)N3CC(F)(F)C[C@H]3C#N)NC1=O)C2. The number of nitrogens with one attached hydrogen (secondary N) is 5. The van der Waals surface area contributed by atoms with Gasteiger partial charge in [0.05, 0.1) is 56.2 Å². The minimum absolute atomic E-state index is 0.00870. The minimum atomic E-state index is -3.19. The van der Waals surface area contributed by atoms with Gasteiger partial charge in [-0.25, -0.2) is 8.78 Å². The van der Waals surface area contributed by atoms with Crippen LogP contribution in [0.15, 0.2) is 18.2 Å². The largest absolute Gasteiger partial charge is 0.404 e. The molecule has 0 unspecified atom stereocenters. The summed E-state index contributed by atoms with van der Waals surface area (Å²) in [6, 6.07) is 4.00. The summed E-state index contributed by atoms with van der Waals surface area (Å²) in [6.07, 6.45) is 0.470. The molecule has 370 valence electrons. The molecule has 7 N–H and O–H groups in total. The molecule has 7 amide bonds. The normalized spacial score (nSPS) is 19.7. The molecule has 19 nitrogen and oxygen atoms in total. The van der Waals surface area contributed by atoms with Gasteiger partial charge in [-0.2, -0.15) is 5.26 Å². The molecule has 3 heterocycles. The summed E-state index contributed by atoms with van der Waals surface area (Å²) in [7, 11) is 1.44. The standard InChI is InChI=1S/C45H67BF2N8O11/c1-43(2,66-16-17-67-44(3,4)21-38(61)52-34(41(64)54-46)11-12-36(59)50-15-6-5-10-32(58)26-57)14-13-37(60)51-23-28-8-7-9-29-24-55(25-33(28)29)39(62)19-30-18-35(53-40(30)63)42(65)56-27-45(47,48)20-31(56)22-49/h7-9,30-32,34-35,57-58H,5-6,10-21,23-27,46H2,1-4H3,(H,50,59)(H,51,60)(H,52,61)(H,53,63)(H,54,64)/t30-,31-,32-,34+,35-/m0/s1. The van der Waals surface area contributed by atoms with Crippen molar-refractivity contribution in [2.24, 2.45) is 5.92 Å². The van der Waals surface area contributed by atoms with E-state index in [4.69, 9.17) is 14.6 Å². The molecule has 2 saturated heterocycles. The molecule has 0 radical (unpaired) electrons. The fourth-order valence-electron chi connectivity index (χ4n) is 8.33. The van der Waals surface area contributed by atoms with Crippen molar-refractivity contribution >= 4 is 49.3 Å². The number of carbonyl (C=O) groups is 7. The molecular formula is C45H67BF2N8O11. The molecule has 22 heteroatoms. The second-order valence-corrected chi connectivity index (χ2v) is 18.8. The van der Waals surface area contributed by atoms with Crippen molar-refractivity contribution in [3.8, 4) is 6.07 Å². The van der Waals surface area contributed by atoms with Crippen LogP contribution in [0.2, 0.25) is 0 Å². The average Bonchev–Trinajstić information content (AvgIpc) is 3.98. The number of nitrogens with zero attached hydrogens (tertiary/aromatic N) is 3. The van der Waals surface area contributed by atoms with E-state index in [0.717, 1.165) is 21.6 Å². The lowest BCUT2D eigenvalue weighted by molar-refractivity contribution is -0.136. The van der Waals surface area contributed by atoms with Crippen molar-refractivity contribution in [2.75, 3.05) is 32.9 Å². The highest BCUT2D eigenvalue weighted by Gasteiger charge is 2.50. The highest BCUT2D eigenvalue weighted by Crippen LogP contribution is 2.34. The number of aliphatic hydroxyl groups excluding tert-OH is 2. The van der Waals surface area contributed by atoms with E-state index in [1.165, 1.54) is 7.98 Å². The Bertz CT molecular complexity index is 1990. The lowest BCUT2D eigenvalue weighted by Crippen LogP contribution is -2.48. The number of rotatable bonds is 26. The smallest absolute Gasteiger partial charge is 0.268 e. The molecule has 67 heavy (non-hydrogen) atoms. The predicted octanol–water partition coefficient (Wildman–Crippen LogP) is 0.129. The zero-order chi connectivity index (χ0) is 49.5. The first kappa shape index (κ1) is 54.4. The van der Waals surface area contributed by atoms with Crippen LogP contribution in [-0.4, -0.2) is 144 Å². The molecule has 4 rings (SSSR count). The Morgan fingerprint density at radius 3 is 2.39 bits per heavy atom. The van der Waals surface area contributed by atoms with Crippen molar-refractivity contribution in [3.63, 3.8) is 0 Å². The summed E-state index contributed by atoms with van der Waals surface area (Å²) in [5.74, 6) is -6.98. The van der Waals surface area contributed by atoms with Gasteiger partial charge >= 0.3 is 0 Å². The Morgan fingerprint density at radius 2 is 1.70 bits per heavy atom. The van der Waals surface area contributed by atoms with Crippen LogP contribution < -0.4 is 26.5 Å². The Kier molecular flexibility index (Phi) is 20.0.